The molecule has 170 valence electrons. The van der Waals surface area contributed by atoms with Gasteiger partial charge in [0, 0.05) is 12.1 Å². The van der Waals surface area contributed by atoms with Crippen molar-refractivity contribution in [3.8, 4) is 5.75 Å². The van der Waals surface area contributed by atoms with E-state index in [0.29, 0.717) is 33.3 Å². The van der Waals surface area contributed by atoms with Crippen molar-refractivity contribution in [2.24, 2.45) is 0 Å². The number of methoxy groups -OCH3 is 1. The van der Waals surface area contributed by atoms with E-state index < -0.39 is 5.82 Å². The van der Waals surface area contributed by atoms with Gasteiger partial charge in [0.1, 0.15) is 6.61 Å². The van der Waals surface area contributed by atoms with Crippen LogP contribution in [0.25, 0.3) is 0 Å². The Morgan fingerprint density at radius 1 is 1.25 bits per heavy atom. The van der Waals surface area contributed by atoms with Crippen molar-refractivity contribution in [3.63, 3.8) is 0 Å². The molecule has 11 heteroatoms. The number of nitrogens with zero attached hydrogens (tertiary/aromatic N) is 3. The predicted molar refractivity (Wildman–Crippen MR) is 123 cm³/mol. The molecule has 0 bridgehead atoms. The molecule has 7 nitrogen and oxygen atoms in total. The summed E-state index contributed by atoms with van der Waals surface area (Å²) in [6.07, 6.45) is 0. The Morgan fingerprint density at radius 2 is 2.03 bits per heavy atom. The van der Waals surface area contributed by atoms with Gasteiger partial charge < -0.3 is 14.8 Å². The minimum Gasteiger partial charge on any atom is -0.483 e. The molecule has 1 N–H and O–H groups in total. The fourth-order valence-corrected chi connectivity index (χ4v) is 4.19. The van der Waals surface area contributed by atoms with Crippen molar-refractivity contribution in [1.82, 2.24) is 14.8 Å². The Morgan fingerprint density at radius 3 is 2.75 bits per heavy atom. The molecule has 0 radical (unpaired) electrons. The van der Waals surface area contributed by atoms with E-state index in [2.05, 4.69) is 15.5 Å². The van der Waals surface area contributed by atoms with Crippen LogP contribution in [0.4, 0.5) is 10.1 Å². The molecule has 2 aromatic carbocycles. The number of carbonyl (C=O) groups is 1. The maximum atomic E-state index is 13.9. The van der Waals surface area contributed by atoms with Crippen molar-refractivity contribution in [1.29, 1.82) is 0 Å². The second-order valence-corrected chi connectivity index (χ2v) is 8.54. The van der Waals surface area contributed by atoms with E-state index in [1.54, 1.807) is 37.4 Å². The molecular formula is C21H21Cl2FN4O3S. The Balaban J connectivity index is 1.69. The SMILES string of the molecule is COCC(C)n1c(COc2ccccc2F)nnc1SCC(=O)Nc1ccc(Cl)cc1Cl. The highest BCUT2D eigenvalue weighted by molar-refractivity contribution is 7.99. The van der Waals surface area contributed by atoms with Crippen LogP contribution in [0.3, 0.4) is 0 Å². The molecule has 1 aromatic heterocycles. The molecule has 0 aliphatic heterocycles. The van der Waals surface area contributed by atoms with Crippen LogP contribution in [-0.2, 0) is 16.1 Å². The van der Waals surface area contributed by atoms with Gasteiger partial charge in [0.05, 0.1) is 29.1 Å². The number of thioether (sulfide) groups is 1. The van der Waals surface area contributed by atoms with E-state index in [9.17, 15) is 9.18 Å². The molecule has 0 aliphatic carbocycles. The minimum atomic E-state index is -0.462. The number of carbonyl (C=O) groups excluding carboxylic acids is 1. The van der Waals surface area contributed by atoms with Crippen molar-refractivity contribution in [3.05, 3.63) is 64.2 Å². The average molecular weight is 499 g/mol. The van der Waals surface area contributed by atoms with E-state index in [1.807, 2.05) is 11.5 Å². The molecular weight excluding hydrogens is 478 g/mol. The van der Waals surface area contributed by atoms with Crippen LogP contribution >= 0.6 is 35.0 Å². The Kier molecular flexibility index (Phi) is 8.75. The van der Waals surface area contributed by atoms with Crippen LogP contribution in [0.1, 0.15) is 18.8 Å². The molecule has 32 heavy (non-hydrogen) atoms. The summed E-state index contributed by atoms with van der Waals surface area (Å²) >= 11 is 13.2. The van der Waals surface area contributed by atoms with Crippen molar-refractivity contribution < 1.29 is 18.7 Å². The number of para-hydroxylation sites is 1. The zero-order valence-corrected chi connectivity index (χ0v) is 19.7. The average Bonchev–Trinajstić information content (AvgIpc) is 3.17. The monoisotopic (exact) mass is 498 g/mol. The standard InChI is InChI=1S/C21H21Cl2FN4O3S/c1-13(10-30-2)28-19(11-31-18-6-4-3-5-16(18)24)26-27-21(28)32-12-20(29)25-17-8-7-14(22)9-15(17)23/h3-9,13H,10-12H2,1-2H3,(H,25,29). The van der Waals surface area contributed by atoms with Crippen molar-refractivity contribution >= 4 is 46.6 Å². The second-order valence-electron chi connectivity index (χ2n) is 6.75. The topological polar surface area (TPSA) is 78.3 Å². The van der Waals surface area contributed by atoms with Crippen LogP contribution in [0.2, 0.25) is 10.0 Å². The summed E-state index contributed by atoms with van der Waals surface area (Å²) in [7, 11) is 1.59. The number of benzene rings is 2. The summed E-state index contributed by atoms with van der Waals surface area (Å²) in [6, 6.07) is 10.8. The highest BCUT2D eigenvalue weighted by Crippen LogP contribution is 2.27. The van der Waals surface area contributed by atoms with Gasteiger partial charge in [-0.1, -0.05) is 47.1 Å². The van der Waals surface area contributed by atoms with Gasteiger partial charge in [-0.15, -0.1) is 10.2 Å². The third-order valence-corrected chi connectivity index (χ3v) is 5.81. The molecule has 3 aromatic rings. The summed E-state index contributed by atoms with van der Waals surface area (Å²) < 4.78 is 26.5. The first-order valence-corrected chi connectivity index (χ1v) is 11.3. The van der Waals surface area contributed by atoms with Crippen LogP contribution in [0.15, 0.2) is 47.6 Å². The molecule has 1 unspecified atom stereocenters. The lowest BCUT2D eigenvalue weighted by Crippen LogP contribution is -2.18. The summed E-state index contributed by atoms with van der Waals surface area (Å²) in [5.74, 6) is -0.0467. The Bertz CT molecular complexity index is 1080. The maximum absolute atomic E-state index is 13.9. The van der Waals surface area contributed by atoms with E-state index in [-0.39, 0.29) is 30.1 Å². The molecule has 0 spiro atoms. The number of hydrogen-bond acceptors (Lipinski definition) is 6. The molecule has 0 fully saturated rings. The third-order valence-electron chi connectivity index (χ3n) is 4.31. The highest BCUT2D eigenvalue weighted by Gasteiger charge is 2.20. The first-order chi connectivity index (χ1) is 15.4. The predicted octanol–water partition coefficient (Wildman–Crippen LogP) is 5.24. The van der Waals surface area contributed by atoms with Crippen molar-refractivity contribution in [2.75, 3.05) is 24.8 Å². The summed E-state index contributed by atoms with van der Waals surface area (Å²) in [5, 5.41) is 12.4. The molecule has 3 rings (SSSR count). The summed E-state index contributed by atoms with van der Waals surface area (Å²) in [5.41, 5.74) is 0.467. The molecule has 0 saturated heterocycles. The number of anilines is 1. The molecule has 0 saturated carbocycles. The zero-order chi connectivity index (χ0) is 23.1. The first-order valence-electron chi connectivity index (χ1n) is 9.56. The lowest BCUT2D eigenvalue weighted by molar-refractivity contribution is -0.113. The zero-order valence-electron chi connectivity index (χ0n) is 17.3. The summed E-state index contributed by atoms with van der Waals surface area (Å²) in [4.78, 5) is 12.4. The smallest absolute Gasteiger partial charge is 0.234 e. The number of amides is 1. The van der Waals surface area contributed by atoms with Crippen molar-refractivity contribution in [2.45, 2.75) is 24.7 Å². The highest BCUT2D eigenvalue weighted by atomic mass is 35.5. The Hall–Kier alpha value is -2.33. The maximum Gasteiger partial charge on any atom is 0.234 e. The Labute approximate surface area is 199 Å². The van der Waals surface area contributed by atoms with Gasteiger partial charge in [0.2, 0.25) is 5.91 Å². The quantitative estimate of drug-likeness (QED) is 0.385. The molecule has 1 heterocycles. The fraction of sp³-hybridized carbons (Fsp3) is 0.286. The summed E-state index contributed by atoms with van der Waals surface area (Å²) in [6.45, 7) is 2.33. The largest absolute Gasteiger partial charge is 0.483 e. The van der Waals surface area contributed by atoms with Gasteiger partial charge in [-0.25, -0.2) is 4.39 Å². The number of rotatable bonds is 10. The normalized spacial score (nSPS) is 11.9. The fourth-order valence-electron chi connectivity index (χ4n) is 2.87. The van der Waals surface area contributed by atoms with Crippen LogP contribution < -0.4 is 10.1 Å². The lowest BCUT2D eigenvalue weighted by Gasteiger charge is -2.17. The van der Waals surface area contributed by atoms with Crippen LogP contribution in [0, 0.1) is 5.82 Å². The molecule has 0 aliphatic rings. The third kappa shape index (κ3) is 6.35. The van der Waals surface area contributed by atoms with E-state index >= 15 is 0 Å². The number of nitrogens with one attached hydrogen (secondary N) is 1. The number of hydrogen-bond donors (Lipinski definition) is 1. The van der Waals surface area contributed by atoms with Gasteiger partial charge in [-0.3, -0.25) is 9.36 Å². The van der Waals surface area contributed by atoms with Crippen LogP contribution in [0.5, 0.6) is 5.75 Å². The van der Waals surface area contributed by atoms with E-state index in [4.69, 9.17) is 32.7 Å². The molecule has 1 amide bonds. The van der Waals surface area contributed by atoms with Gasteiger partial charge >= 0.3 is 0 Å². The number of halogens is 3. The first kappa shape index (κ1) is 24.3. The van der Waals surface area contributed by atoms with Gasteiger partial charge in [-0.2, -0.15) is 0 Å². The lowest BCUT2D eigenvalue weighted by atomic mass is 10.3. The van der Waals surface area contributed by atoms with E-state index in [0.717, 1.165) is 0 Å². The van der Waals surface area contributed by atoms with E-state index in [1.165, 1.54) is 23.9 Å². The van der Waals surface area contributed by atoms with Crippen LogP contribution in [-0.4, -0.2) is 40.1 Å². The number of ether oxygens (including phenoxy) is 2. The minimum absolute atomic E-state index is 0.00905. The van der Waals surface area contributed by atoms with Gasteiger partial charge in [0.15, 0.2) is 22.5 Å². The van der Waals surface area contributed by atoms with Gasteiger partial charge in [-0.05, 0) is 37.3 Å². The number of aromatic nitrogens is 3. The van der Waals surface area contributed by atoms with Gasteiger partial charge in [0.25, 0.3) is 0 Å². The second kappa shape index (κ2) is 11.5. The molecule has 1 atom stereocenters.